The monoisotopic (exact) mass is 411 g/mol. The predicted molar refractivity (Wildman–Crippen MR) is 112 cm³/mol. The van der Waals surface area contributed by atoms with Gasteiger partial charge in [-0.25, -0.2) is 14.2 Å². The molecule has 0 unspecified atom stereocenters. The van der Waals surface area contributed by atoms with Gasteiger partial charge in [-0.2, -0.15) is 4.98 Å². The molecule has 3 rings (SSSR count). The third-order valence-electron chi connectivity index (χ3n) is 4.01. The van der Waals surface area contributed by atoms with Crippen molar-refractivity contribution in [1.82, 2.24) is 14.9 Å². The van der Waals surface area contributed by atoms with E-state index < -0.39 is 11.8 Å². The van der Waals surface area contributed by atoms with Gasteiger partial charge in [-0.3, -0.25) is 0 Å². The average Bonchev–Trinajstić information content (AvgIpc) is 2.71. The molecular formula is C21H22FN5O3. The maximum atomic E-state index is 14.2. The van der Waals surface area contributed by atoms with Crippen molar-refractivity contribution in [3.05, 3.63) is 66.1 Å². The molecule has 0 fully saturated rings. The Morgan fingerprint density at radius 1 is 1.13 bits per heavy atom. The number of nitrogens with one attached hydrogen (secondary N) is 2. The average molecular weight is 411 g/mol. The minimum atomic E-state index is -1.07. The Morgan fingerprint density at radius 2 is 1.87 bits per heavy atom. The van der Waals surface area contributed by atoms with Crippen LogP contribution >= 0.6 is 0 Å². The van der Waals surface area contributed by atoms with Crippen LogP contribution in [-0.4, -0.2) is 53.2 Å². The summed E-state index contributed by atoms with van der Waals surface area (Å²) < 4.78 is 19.9. The topological polar surface area (TPSA) is 99.6 Å². The van der Waals surface area contributed by atoms with Crippen molar-refractivity contribution in [3.63, 3.8) is 0 Å². The lowest BCUT2D eigenvalue weighted by Gasteiger charge is -2.12. The lowest BCUT2D eigenvalue weighted by Crippen LogP contribution is -2.19. The molecule has 0 radical (unpaired) electrons. The fraction of sp³-hybridized carbons (Fsp3) is 0.190. The molecule has 0 bridgehead atoms. The zero-order chi connectivity index (χ0) is 21.5. The molecular weight excluding hydrogens is 389 g/mol. The Hall–Kier alpha value is -3.72. The first kappa shape index (κ1) is 21.0. The standard InChI is InChI=1S/C21H22FN5O3/c1-27(2)9-10-30-17-8-4-7-16(12-17)25-21-23-13-18(22)19(26-21)24-15-6-3-5-14(11-15)20(28)29/h3-8,11-13H,9-10H2,1-2H3,(H,28,29)(H2,23,24,25,26). The minimum Gasteiger partial charge on any atom is -0.492 e. The predicted octanol–water partition coefficient (Wildman–Crippen LogP) is 3.74. The lowest BCUT2D eigenvalue weighted by molar-refractivity contribution is 0.0697. The quantitative estimate of drug-likeness (QED) is 0.490. The highest BCUT2D eigenvalue weighted by Crippen LogP contribution is 2.23. The molecule has 156 valence electrons. The van der Waals surface area contributed by atoms with Crippen LogP contribution < -0.4 is 15.4 Å². The van der Waals surface area contributed by atoms with E-state index in [9.17, 15) is 9.18 Å². The molecule has 0 spiro atoms. The zero-order valence-corrected chi connectivity index (χ0v) is 16.6. The molecule has 9 heteroatoms. The molecule has 0 aliphatic heterocycles. The number of hydrogen-bond donors (Lipinski definition) is 3. The van der Waals surface area contributed by atoms with Gasteiger partial charge in [0.2, 0.25) is 5.95 Å². The van der Waals surface area contributed by atoms with Crippen molar-refractivity contribution in [2.45, 2.75) is 0 Å². The Bertz CT molecular complexity index is 1030. The van der Waals surface area contributed by atoms with Crippen molar-refractivity contribution >= 4 is 29.1 Å². The number of aromatic nitrogens is 2. The number of hydrogen-bond acceptors (Lipinski definition) is 7. The van der Waals surface area contributed by atoms with Gasteiger partial charge in [0.05, 0.1) is 11.8 Å². The highest BCUT2D eigenvalue weighted by atomic mass is 19.1. The van der Waals surface area contributed by atoms with Crippen LogP contribution in [0, 0.1) is 5.82 Å². The summed E-state index contributed by atoms with van der Waals surface area (Å²) in [6.45, 7) is 1.34. The number of benzene rings is 2. The highest BCUT2D eigenvalue weighted by Gasteiger charge is 2.10. The van der Waals surface area contributed by atoms with E-state index in [0.29, 0.717) is 23.7 Å². The molecule has 0 atom stereocenters. The second-order valence-corrected chi connectivity index (χ2v) is 6.71. The summed E-state index contributed by atoms with van der Waals surface area (Å²) in [5.74, 6) is -0.946. The molecule has 3 aromatic rings. The maximum absolute atomic E-state index is 14.2. The number of carboxylic acid groups (broad SMARTS) is 1. The maximum Gasteiger partial charge on any atom is 0.335 e. The first-order chi connectivity index (χ1) is 14.4. The number of carboxylic acids is 1. The van der Waals surface area contributed by atoms with Gasteiger partial charge < -0.3 is 25.4 Å². The van der Waals surface area contributed by atoms with Gasteiger partial charge in [-0.15, -0.1) is 0 Å². The number of nitrogens with zero attached hydrogens (tertiary/aromatic N) is 3. The van der Waals surface area contributed by atoms with Crippen LogP contribution in [0.25, 0.3) is 0 Å². The second kappa shape index (κ2) is 9.66. The second-order valence-electron chi connectivity index (χ2n) is 6.71. The zero-order valence-electron chi connectivity index (χ0n) is 16.6. The van der Waals surface area contributed by atoms with Gasteiger partial charge in [0.1, 0.15) is 12.4 Å². The molecule has 2 aromatic carbocycles. The van der Waals surface area contributed by atoms with Gasteiger partial charge in [0.25, 0.3) is 0 Å². The van der Waals surface area contributed by atoms with Crippen LogP contribution in [0.3, 0.4) is 0 Å². The lowest BCUT2D eigenvalue weighted by atomic mass is 10.2. The number of ether oxygens (including phenoxy) is 1. The van der Waals surface area contributed by atoms with Crippen LogP contribution in [0.4, 0.5) is 27.5 Å². The summed E-state index contributed by atoms with van der Waals surface area (Å²) in [5.41, 5.74) is 1.16. The van der Waals surface area contributed by atoms with Crippen LogP contribution in [0.2, 0.25) is 0 Å². The summed E-state index contributed by atoms with van der Waals surface area (Å²) >= 11 is 0. The van der Waals surface area contributed by atoms with E-state index >= 15 is 0 Å². The summed E-state index contributed by atoms with van der Waals surface area (Å²) in [7, 11) is 3.94. The fourth-order valence-electron chi connectivity index (χ4n) is 2.52. The minimum absolute atomic E-state index is 0.0755. The Kier molecular flexibility index (Phi) is 6.76. The van der Waals surface area contributed by atoms with Crippen LogP contribution in [-0.2, 0) is 0 Å². The summed E-state index contributed by atoms with van der Waals surface area (Å²) in [6, 6.07) is 13.3. The number of likely N-dealkylation sites (N-methyl/N-ethyl adjacent to an activating group) is 1. The SMILES string of the molecule is CN(C)CCOc1cccc(Nc2ncc(F)c(Nc3cccc(C(=O)O)c3)n2)c1. The van der Waals surface area contributed by atoms with Crippen molar-refractivity contribution in [1.29, 1.82) is 0 Å². The molecule has 0 amide bonds. The highest BCUT2D eigenvalue weighted by molar-refractivity contribution is 5.89. The van der Waals surface area contributed by atoms with E-state index in [1.807, 2.05) is 37.2 Å². The van der Waals surface area contributed by atoms with Gasteiger partial charge in [-0.1, -0.05) is 12.1 Å². The van der Waals surface area contributed by atoms with Crippen molar-refractivity contribution in [2.75, 3.05) is 37.9 Å². The molecule has 0 saturated heterocycles. The molecule has 1 heterocycles. The molecule has 0 saturated carbocycles. The Balaban J connectivity index is 1.72. The van der Waals surface area contributed by atoms with Crippen LogP contribution in [0.5, 0.6) is 5.75 Å². The van der Waals surface area contributed by atoms with E-state index in [1.54, 1.807) is 18.2 Å². The normalized spacial score (nSPS) is 10.7. The van der Waals surface area contributed by atoms with Crippen LogP contribution in [0.15, 0.2) is 54.7 Å². The smallest absolute Gasteiger partial charge is 0.335 e. The molecule has 1 aromatic heterocycles. The van der Waals surface area contributed by atoms with Gasteiger partial charge in [-0.05, 0) is 44.4 Å². The number of halogens is 1. The number of rotatable bonds is 9. The summed E-state index contributed by atoms with van der Waals surface area (Å²) in [6.07, 6.45) is 1.04. The Labute approximate surface area is 173 Å². The van der Waals surface area contributed by atoms with E-state index in [0.717, 1.165) is 12.7 Å². The third-order valence-corrected chi connectivity index (χ3v) is 4.01. The summed E-state index contributed by atoms with van der Waals surface area (Å²) in [4.78, 5) is 21.2. The number of aromatic carboxylic acids is 1. The van der Waals surface area contributed by atoms with E-state index in [1.165, 1.54) is 12.1 Å². The first-order valence-electron chi connectivity index (χ1n) is 9.18. The number of carbonyl (C=O) groups is 1. The van der Waals surface area contributed by atoms with Gasteiger partial charge >= 0.3 is 5.97 Å². The van der Waals surface area contributed by atoms with Gasteiger partial charge in [0, 0.05) is 24.0 Å². The van der Waals surface area contributed by atoms with Crippen molar-refractivity contribution in [3.8, 4) is 5.75 Å². The van der Waals surface area contributed by atoms with Crippen molar-refractivity contribution < 1.29 is 19.0 Å². The van der Waals surface area contributed by atoms with Crippen LogP contribution in [0.1, 0.15) is 10.4 Å². The van der Waals surface area contributed by atoms with E-state index in [4.69, 9.17) is 9.84 Å². The first-order valence-corrected chi connectivity index (χ1v) is 9.18. The molecule has 3 N–H and O–H groups in total. The fourth-order valence-corrected chi connectivity index (χ4v) is 2.52. The molecule has 0 aliphatic rings. The van der Waals surface area contributed by atoms with E-state index in [2.05, 4.69) is 20.6 Å². The molecule has 0 aliphatic carbocycles. The number of anilines is 4. The van der Waals surface area contributed by atoms with E-state index in [-0.39, 0.29) is 17.3 Å². The molecule has 30 heavy (non-hydrogen) atoms. The summed E-state index contributed by atoms with van der Waals surface area (Å²) in [5, 5.41) is 14.9. The van der Waals surface area contributed by atoms with Crippen molar-refractivity contribution in [2.24, 2.45) is 0 Å². The van der Waals surface area contributed by atoms with Gasteiger partial charge in [0.15, 0.2) is 11.6 Å². The Morgan fingerprint density at radius 3 is 2.60 bits per heavy atom. The molecule has 8 nitrogen and oxygen atoms in total. The largest absolute Gasteiger partial charge is 0.492 e. The third kappa shape index (κ3) is 5.89.